The van der Waals surface area contributed by atoms with E-state index < -0.39 is 8.07 Å². The molecule has 10 heteroatoms. The zero-order chi connectivity index (χ0) is 25.2. The van der Waals surface area contributed by atoms with E-state index in [0.29, 0.717) is 48.4 Å². The SMILES string of the molecule is COc1ccnc(OC)c1-c1cn(COCC[Si](C)(C)C)c2nc(NC(=O)[C@@H]3C[C@H]3C=O)ccc12. The zero-order valence-electron chi connectivity index (χ0n) is 20.8. The van der Waals surface area contributed by atoms with Gasteiger partial charge in [0.1, 0.15) is 30.2 Å². The fourth-order valence-corrected chi connectivity index (χ4v) is 4.71. The molecule has 3 aromatic heterocycles. The highest BCUT2D eigenvalue weighted by Gasteiger charge is 2.43. The van der Waals surface area contributed by atoms with Crippen LogP contribution in [0, 0.1) is 11.8 Å². The lowest BCUT2D eigenvalue weighted by molar-refractivity contribution is -0.119. The summed E-state index contributed by atoms with van der Waals surface area (Å²) in [7, 11) is 1.95. The maximum atomic E-state index is 12.5. The molecule has 1 amide bonds. The molecule has 0 spiro atoms. The van der Waals surface area contributed by atoms with Gasteiger partial charge in [-0.25, -0.2) is 9.97 Å². The molecule has 0 bridgehead atoms. The van der Waals surface area contributed by atoms with Crippen LogP contribution in [0.15, 0.2) is 30.6 Å². The highest BCUT2D eigenvalue weighted by Crippen LogP contribution is 2.41. The predicted octanol–water partition coefficient (Wildman–Crippen LogP) is 4.20. The molecule has 0 unspecified atom stereocenters. The first-order valence-electron chi connectivity index (χ1n) is 11.7. The van der Waals surface area contributed by atoms with Crippen LogP contribution in [0.2, 0.25) is 25.7 Å². The minimum atomic E-state index is -1.23. The number of carbonyl (C=O) groups is 2. The second-order valence-corrected chi connectivity index (χ2v) is 15.6. The average molecular weight is 497 g/mol. The van der Waals surface area contributed by atoms with E-state index in [-0.39, 0.29) is 17.7 Å². The molecule has 1 fully saturated rings. The number of aldehydes is 1. The first-order valence-corrected chi connectivity index (χ1v) is 15.4. The molecule has 3 aromatic rings. The van der Waals surface area contributed by atoms with Gasteiger partial charge in [0.2, 0.25) is 11.8 Å². The van der Waals surface area contributed by atoms with Gasteiger partial charge < -0.3 is 28.9 Å². The molecule has 4 rings (SSSR count). The molecule has 186 valence electrons. The molecule has 3 heterocycles. The summed E-state index contributed by atoms with van der Waals surface area (Å²) < 4.78 is 19.1. The minimum absolute atomic E-state index is 0.186. The van der Waals surface area contributed by atoms with Crippen molar-refractivity contribution in [2.24, 2.45) is 11.8 Å². The normalized spacial score (nSPS) is 17.3. The number of nitrogens with zero attached hydrogens (tertiary/aromatic N) is 3. The summed E-state index contributed by atoms with van der Waals surface area (Å²) >= 11 is 0. The van der Waals surface area contributed by atoms with Crippen molar-refractivity contribution >= 4 is 37.1 Å². The summed E-state index contributed by atoms with van der Waals surface area (Å²) in [4.78, 5) is 32.5. The highest BCUT2D eigenvalue weighted by atomic mass is 28.3. The van der Waals surface area contributed by atoms with Gasteiger partial charge in [-0.3, -0.25) is 4.79 Å². The topological polar surface area (TPSA) is 105 Å². The molecule has 35 heavy (non-hydrogen) atoms. The Morgan fingerprint density at radius 3 is 2.69 bits per heavy atom. The smallest absolute Gasteiger partial charge is 0.229 e. The van der Waals surface area contributed by atoms with Gasteiger partial charge in [-0.05, 0) is 30.7 Å². The van der Waals surface area contributed by atoms with Crippen molar-refractivity contribution in [3.8, 4) is 22.8 Å². The number of rotatable bonds is 11. The number of ether oxygens (including phenoxy) is 3. The van der Waals surface area contributed by atoms with Crippen molar-refractivity contribution in [2.75, 3.05) is 26.1 Å². The maximum absolute atomic E-state index is 12.5. The van der Waals surface area contributed by atoms with Gasteiger partial charge in [0.15, 0.2) is 0 Å². The molecule has 2 atom stereocenters. The molecule has 1 aliphatic rings. The third kappa shape index (κ3) is 5.54. The first kappa shape index (κ1) is 24.9. The van der Waals surface area contributed by atoms with Crippen LogP contribution in [0.25, 0.3) is 22.2 Å². The Hall–Kier alpha value is -3.24. The zero-order valence-corrected chi connectivity index (χ0v) is 21.8. The lowest BCUT2D eigenvalue weighted by Gasteiger charge is -2.15. The van der Waals surface area contributed by atoms with E-state index in [0.717, 1.165) is 23.3 Å². The number of hydrogen-bond donors (Lipinski definition) is 1. The Bertz CT molecular complexity index is 1210. The van der Waals surface area contributed by atoms with E-state index in [4.69, 9.17) is 19.2 Å². The van der Waals surface area contributed by atoms with E-state index in [2.05, 4.69) is 29.9 Å². The second kappa shape index (κ2) is 10.2. The fourth-order valence-electron chi connectivity index (χ4n) is 3.96. The highest BCUT2D eigenvalue weighted by molar-refractivity contribution is 6.76. The summed E-state index contributed by atoms with van der Waals surface area (Å²) in [5, 5.41) is 3.70. The van der Waals surface area contributed by atoms with Crippen molar-refractivity contribution in [2.45, 2.75) is 38.8 Å². The van der Waals surface area contributed by atoms with E-state index in [1.807, 2.05) is 16.8 Å². The van der Waals surface area contributed by atoms with Crippen LogP contribution in [-0.2, 0) is 21.1 Å². The molecule has 0 aromatic carbocycles. The lowest BCUT2D eigenvalue weighted by Crippen LogP contribution is -2.22. The molecule has 1 aliphatic carbocycles. The third-order valence-electron chi connectivity index (χ3n) is 6.11. The number of aromatic nitrogens is 3. The number of fused-ring (bicyclic) bond motifs is 1. The van der Waals surface area contributed by atoms with Gasteiger partial charge in [0.05, 0.1) is 19.8 Å². The Morgan fingerprint density at radius 2 is 2.03 bits per heavy atom. The maximum Gasteiger partial charge on any atom is 0.229 e. The standard InChI is InChI=1S/C25H32N4O5Si/c1-32-20-8-9-26-25(33-2)22(20)19-13-29(15-34-10-11-35(3,4)5)23-17(19)6-7-21(27-23)28-24(31)18-12-16(18)14-30/h6-9,13-14,16,18H,10-12,15H2,1-5H3,(H,27,28,31)/t16-,18+/m0/s1. The predicted molar refractivity (Wildman–Crippen MR) is 136 cm³/mol. The molecule has 9 nitrogen and oxygen atoms in total. The van der Waals surface area contributed by atoms with Gasteiger partial charge in [-0.1, -0.05) is 19.6 Å². The molecular formula is C25H32N4O5Si. The van der Waals surface area contributed by atoms with Gasteiger partial charge in [0, 0.05) is 49.9 Å². The van der Waals surface area contributed by atoms with Gasteiger partial charge in [-0.2, -0.15) is 0 Å². The van der Waals surface area contributed by atoms with Crippen molar-refractivity contribution in [3.05, 3.63) is 30.6 Å². The molecular weight excluding hydrogens is 464 g/mol. The van der Waals surface area contributed by atoms with Gasteiger partial charge >= 0.3 is 0 Å². The van der Waals surface area contributed by atoms with Crippen LogP contribution in [0.4, 0.5) is 5.82 Å². The van der Waals surface area contributed by atoms with Crippen molar-refractivity contribution in [3.63, 3.8) is 0 Å². The van der Waals surface area contributed by atoms with Crippen LogP contribution < -0.4 is 14.8 Å². The van der Waals surface area contributed by atoms with Crippen LogP contribution in [-0.4, -0.2) is 55.6 Å². The van der Waals surface area contributed by atoms with E-state index >= 15 is 0 Å². The Kier molecular flexibility index (Phi) is 7.22. The number of anilines is 1. The summed E-state index contributed by atoms with van der Waals surface area (Å²) in [6.45, 7) is 7.91. The Morgan fingerprint density at radius 1 is 1.23 bits per heavy atom. The Labute approximate surface area is 205 Å². The molecule has 1 saturated carbocycles. The summed E-state index contributed by atoms with van der Waals surface area (Å²) in [6, 6.07) is 6.50. The lowest BCUT2D eigenvalue weighted by atomic mass is 10.1. The van der Waals surface area contributed by atoms with Crippen LogP contribution >= 0.6 is 0 Å². The second-order valence-electron chi connectivity index (χ2n) is 9.96. The quantitative estimate of drug-likeness (QED) is 0.241. The molecule has 0 saturated heterocycles. The molecule has 0 radical (unpaired) electrons. The summed E-state index contributed by atoms with van der Waals surface area (Å²) in [5.74, 6) is 0.836. The number of hydrogen-bond acceptors (Lipinski definition) is 7. The largest absolute Gasteiger partial charge is 0.496 e. The van der Waals surface area contributed by atoms with E-state index in [9.17, 15) is 9.59 Å². The monoisotopic (exact) mass is 496 g/mol. The number of carbonyl (C=O) groups excluding carboxylic acids is 2. The Balaban J connectivity index is 1.71. The number of pyridine rings is 2. The summed E-state index contributed by atoms with van der Waals surface area (Å²) in [5.41, 5.74) is 2.21. The minimum Gasteiger partial charge on any atom is -0.496 e. The van der Waals surface area contributed by atoms with Gasteiger partial charge in [-0.15, -0.1) is 0 Å². The summed E-state index contributed by atoms with van der Waals surface area (Å²) in [6.07, 6.45) is 5.01. The fraction of sp³-hybridized carbons (Fsp3) is 0.440. The van der Waals surface area contributed by atoms with Crippen molar-refractivity contribution in [1.29, 1.82) is 0 Å². The number of nitrogens with one attached hydrogen (secondary N) is 1. The van der Waals surface area contributed by atoms with E-state index in [1.54, 1.807) is 32.5 Å². The van der Waals surface area contributed by atoms with Crippen molar-refractivity contribution < 1.29 is 23.8 Å². The molecule has 1 N–H and O–H groups in total. The number of methoxy groups -OCH3 is 2. The third-order valence-corrected chi connectivity index (χ3v) is 7.82. The molecule has 0 aliphatic heterocycles. The van der Waals surface area contributed by atoms with Crippen LogP contribution in [0.3, 0.4) is 0 Å². The first-order chi connectivity index (χ1) is 16.8. The van der Waals surface area contributed by atoms with Crippen molar-refractivity contribution in [1.82, 2.24) is 14.5 Å². The van der Waals surface area contributed by atoms with E-state index in [1.165, 1.54) is 0 Å². The van der Waals surface area contributed by atoms with Crippen LogP contribution in [0.5, 0.6) is 11.6 Å². The van der Waals surface area contributed by atoms with Gasteiger partial charge in [0.25, 0.3) is 0 Å². The number of amides is 1. The van der Waals surface area contributed by atoms with Crippen LogP contribution in [0.1, 0.15) is 6.42 Å². The average Bonchev–Trinajstić information content (AvgIpc) is 3.55.